The summed E-state index contributed by atoms with van der Waals surface area (Å²) in [6.07, 6.45) is 0. The molecule has 0 aliphatic carbocycles. The van der Waals surface area contributed by atoms with Gasteiger partial charge in [-0.05, 0) is 106 Å². The number of para-hydroxylation sites is 6. The van der Waals surface area contributed by atoms with Crippen molar-refractivity contribution < 1.29 is 0 Å². The van der Waals surface area contributed by atoms with E-state index in [9.17, 15) is 0 Å². The Bertz CT molecular complexity index is 4360. The van der Waals surface area contributed by atoms with Crippen LogP contribution in [0.5, 0.6) is 0 Å². The second kappa shape index (κ2) is 15.4. The monoisotopic (exact) mass is 904 g/mol. The van der Waals surface area contributed by atoms with Gasteiger partial charge in [-0.1, -0.05) is 158 Å². The molecule has 15 aromatic rings. The third-order valence-electron chi connectivity index (χ3n) is 14.4. The largest absolute Gasteiger partial charge is 0.309 e. The van der Waals surface area contributed by atoms with Crippen LogP contribution in [0.4, 0.5) is 0 Å². The number of rotatable bonds is 6. The van der Waals surface area contributed by atoms with E-state index >= 15 is 0 Å². The Kier molecular flexibility index (Phi) is 8.56. The van der Waals surface area contributed by atoms with E-state index in [0.717, 1.165) is 83.0 Å². The lowest BCUT2D eigenvalue weighted by Crippen LogP contribution is -2.04. The lowest BCUT2D eigenvalue weighted by atomic mass is 9.97. The van der Waals surface area contributed by atoms with E-state index in [0.29, 0.717) is 17.5 Å². The summed E-state index contributed by atoms with van der Waals surface area (Å²) in [4.78, 5) is 16.4. The number of hydrogen-bond acceptors (Lipinski definition) is 3. The number of benzene rings is 11. The SMILES string of the molecule is c1ccc2c(c1)cc(-c1nc(-c3ccc(-n4c5ccccc5c5ccccc54)cc3)nc(-c3cc(-n4c5ccccc5c5ccccc54)cc(-n4c5ccccc5c5ccccc54)c3)n1)c1ccccc12. The van der Waals surface area contributed by atoms with Crippen LogP contribution in [0.1, 0.15) is 0 Å². The van der Waals surface area contributed by atoms with Gasteiger partial charge in [0.05, 0.1) is 33.1 Å². The Morgan fingerprint density at radius 3 is 1.01 bits per heavy atom. The van der Waals surface area contributed by atoms with Crippen molar-refractivity contribution >= 4 is 87.0 Å². The van der Waals surface area contributed by atoms with Gasteiger partial charge in [0.15, 0.2) is 17.5 Å². The minimum Gasteiger partial charge on any atom is -0.309 e. The molecule has 6 nitrogen and oxygen atoms in total. The Labute approximate surface area is 407 Å². The van der Waals surface area contributed by atoms with E-state index in [-0.39, 0.29) is 0 Å². The van der Waals surface area contributed by atoms with Crippen molar-refractivity contribution in [3.8, 4) is 51.2 Å². The molecular formula is C65H40N6. The van der Waals surface area contributed by atoms with E-state index in [2.05, 4.69) is 256 Å². The summed E-state index contributed by atoms with van der Waals surface area (Å²) < 4.78 is 7.12. The molecule has 0 saturated carbocycles. The fourth-order valence-corrected chi connectivity index (χ4v) is 11.3. The molecule has 0 aliphatic rings. The van der Waals surface area contributed by atoms with Gasteiger partial charge in [0, 0.05) is 66.1 Å². The van der Waals surface area contributed by atoms with Gasteiger partial charge in [0.2, 0.25) is 0 Å². The normalized spacial score (nSPS) is 11.9. The Morgan fingerprint density at radius 2 is 0.563 bits per heavy atom. The van der Waals surface area contributed by atoms with Crippen LogP contribution in [-0.2, 0) is 0 Å². The average molecular weight is 905 g/mol. The molecule has 0 spiro atoms. The molecule has 0 aliphatic heterocycles. The van der Waals surface area contributed by atoms with Crippen LogP contribution in [0.15, 0.2) is 243 Å². The third-order valence-corrected chi connectivity index (χ3v) is 14.4. The summed E-state index contributed by atoms with van der Waals surface area (Å²) in [5.74, 6) is 1.79. The summed E-state index contributed by atoms with van der Waals surface area (Å²) in [7, 11) is 0. The standard InChI is InChI=1S/C65H40N6/c1-2-18-47-42(17-1)39-56(49-20-4-3-19-48(47)49)65-67-63(41-33-35-44(36-34-41)69-57-27-11-5-21-50(57)51-22-6-12-28-58(51)69)66-64(68-65)43-37-45(70-59-29-13-7-23-52(59)53-24-8-14-30-60(53)70)40-46(38-43)71-61-31-15-9-25-54(61)55-26-10-16-32-62(55)71/h1-40H. The zero-order chi connectivity index (χ0) is 46.6. The van der Waals surface area contributed by atoms with Crippen LogP contribution in [0.2, 0.25) is 0 Å². The molecule has 71 heavy (non-hydrogen) atoms. The van der Waals surface area contributed by atoms with E-state index < -0.39 is 0 Å². The Hall–Kier alpha value is -9.65. The number of fused-ring (bicyclic) bond motifs is 12. The molecule has 15 rings (SSSR count). The lowest BCUT2D eigenvalue weighted by molar-refractivity contribution is 1.07. The third kappa shape index (κ3) is 6.05. The zero-order valence-electron chi connectivity index (χ0n) is 38.3. The summed E-state index contributed by atoms with van der Waals surface area (Å²) in [5, 5.41) is 11.8. The number of hydrogen-bond donors (Lipinski definition) is 0. The van der Waals surface area contributed by atoms with Gasteiger partial charge in [-0.25, -0.2) is 15.0 Å². The van der Waals surface area contributed by atoms with Gasteiger partial charge in [-0.15, -0.1) is 0 Å². The van der Waals surface area contributed by atoms with Crippen LogP contribution >= 0.6 is 0 Å². The highest BCUT2D eigenvalue weighted by molar-refractivity contribution is 6.14. The van der Waals surface area contributed by atoms with Crippen LogP contribution in [0.25, 0.3) is 138 Å². The molecule has 330 valence electrons. The second-order valence-corrected chi connectivity index (χ2v) is 18.4. The van der Waals surface area contributed by atoms with Crippen molar-refractivity contribution in [1.82, 2.24) is 28.7 Å². The zero-order valence-corrected chi connectivity index (χ0v) is 38.3. The Balaban J connectivity index is 1.01. The lowest BCUT2D eigenvalue weighted by Gasteiger charge is -2.16. The predicted octanol–water partition coefficient (Wildman–Crippen LogP) is 16.5. The highest BCUT2D eigenvalue weighted by Gasteiger charge is 2.21. The van der Waals surface area contributed by atoms with Crippen molar-refractivity contribution in [3.63, 3.8) is 0 Å². The second-order valence-electron chi connectivity index (χ2n) is 18.4. The fourth-order valence-electron chi connectivity index (χ4n) is 11.3. The summed E-state index contributed by atoms with van der Waals surface area (Å²) in [6, 6.07) is 86.9. The van der Waals surface area contributed by atoms with Crippen LogP contribution in [0, 0.1) is 0 Å². The average Bonchev–Trinajstić information content (AvgIpc) is 4.09. The minimum atomic E-state index is 0.582. The topological polar surface area (TPSA) is 53.5 Å². The molecule has 4 heterocycles. The maximum absolute atomic E-state index is 5.53. The number of nitrogens with zero attached hydrogens (tertiary/aromatic N) is 6. The molecule has 0 N–H and O–H groups in total. The molecule has 4 aromatic heterocycles. The molecule has 0 radical (unpaired) electrons. The summed E-state index contributed by atoms with van der Waals surface area (Å²) >= 11 is 0. The number of aromatic nitrogens is 6. The summed E-state index contributed by atoms with van der Waals surface area (Å²) in [5.41, 5.74) is 12.6. The van der Waals surface area contributed by atoms with E-state index in [1.165, 1.54) is 37.7 Å². The van der Waals surface area contributed by atoms with Gasteiger partial charge >= 0.3 is 0 Å². The van der Waals surface area contributed by atoms with Crippen LogP contribution < -0.4 is 0 Å². The first-order valence-corrected chi connectivity index (χ1v) is 24.1. The maximum atomic E-state index is 5.53. The smallest absolute Gasteiger partial charge is 0.164 e. The molecular weight excluding hydrogens is 865 g/mol. The Morgan fingerprint density at radius 1 is 0.225 bits per heavy atom. The fraction of sp³-hybridized carbons (Fsp3) is 0. The molecule has 0 amide bonds. The maximum Gasteiger partial charge on any atom is 0.164 e. The molecule has 0 fully saturated rings. The first-order chi connectivity index (χ1) is 35.2. The van der Waals surface area contributed by atoms with E-state index in [1.54, 1.807) is 0 Å². The highest BCUT2D eigenvalue weighted by Crippen LogP contribution is 2.40. The van der Waals surface area contributed by atoms with Crippen molar-refractivity contribution in [2.45, 2.75) is 0 Å². The van der Waals surface area contributed by atoms with Crippen LogP contribution in [0.3, 0.4) is 0 Å². The highest BCUT2D eigenvalue weighted by atomic mass is 15.1. The molecule has 0 atom stereocenters. The van der Waals surface area contributed by atoms with Crippen molar-refractivity contribution in [1.29, 1.82) is 0 Å². The van der Waals surface area contributed by atoms with Crippen molar-refractivity contribution in [2.75, 3.05) is 0 Å². The first kappa shape index (κ1) is 39.4. The van der Waals surface area contributed by atoms with Crippen molar-refractivity contribution in [3.05, 3.63) is 243 Å². The van der Waals surface area contributed by atoms with Gasteiger partial charge in [0.25, 0.3) is 0 Å². The van der Waals surface area contributed by atoms with Gasteiger partial charge in [-0.2, -0.15) is 0 Å². The van der Waals surface area contributed by atoms with Gasteiger partial charge < -0.3 is 13.7 Å². The first-order valence-electron chi connectivity index (χ1n) is 24.1. The predicted molar refractivity (Wildman–Crippen MR) is 294 cm³/mol. The molecule has 0 bridgehead atoms. The molecule has 0 unspecified atom stereocenters. The van der Waals surface area contributed by atoms with Gasteiger partial charge in [-0.3, -0.25) is 0 Å². The molecule has 0 saturated heterocycles. The molecule has 6 heteroatoms. The minimum absolute atomic E-state index is 0.582. The summed E-state index contributed by atoms with van der Waals surface area (Å²) in [6.45, 7) is 0. The van der Waals surface area contributed by atoms with Gasteiger partial charge in [0.1, 0.15) is 0 Å². The van der Waals surface area contributed by atoms with E-state index in [1.807, 2.05) is 0 Å². The quantitative estimate of drug-likeness (QED) is 0.156. The van der Waals surface area contributed by atoms with E-state index in [4.69, 9.17) is 15.0 Å². The van der Waals surface area contributed by atoms with Crippen molar-refractivity contribution in [2.24, 2.45) is 0 Å². The molecule has 11 aromatic carbocycles. The van der Waals surface area contributed by atoms with Crippen LogP contribution in [-0.4, -0.2) is 28.7 Å².